The van der Waals surface area contributed by atoms with Crippen LogP contribution in [-0.2, 0) is 14.3 Å². The highest BCUT2D eigenvalue weighted by atomic mass is 32.2. The third-order valence-electron chi connectivity index (χ3n) is 4.72. The first kappa shape index (κ1) is 22.0. The molecular weight excluding hydrogens is 398 g/mol. The van der Waals surface area contributed by atoms with Crippen molar-refractivity contribution in [2.45, 2.75) is 52.4 Å². The fourth-order valence-corrected chi connectivity index (χ4v) is 4.41. The van der Waals surface area contributed by atoms with Crippen molar-refractivity contribution in [1.82, 2.24) is 15.0 Å². The fourth-order valence-electron chi connectivity index (χ4n) is 3.48. The van der Waals surface area contributed by atoms with Crippen LogP contribution < -0.4 is 0 Å². The van der Waals surface area contributed by atoms with Gasteiger partial charge in [-0.25, -0.2) is 0 Å². The van der Waals surface area contributed by atoms with E-state index in [1.807, 2.05) is 31.2 Å². The number of allylic oxidation sites excluding steroid dienone is 1. The van der Waals surface area contributed by atoms with E-state index < -0.39 is 10.1 Å². The highest BCUT2D eigenvalue weighted by Crippen LogP contribution is 2.28. The summed E-state index contributed by atoms with van der Waals surface area (Å²) in [5.41, 5.74) is 2.51. The molecule has 1 heterocycles. The quantitative estimate of drug-likeness (QED) is 0.372. The van der Waals surface area contributed by atoms with Gasteiger partial charge in [-0.3, -0.25) is 0 Å². The van der Waals surface area contributed by atoms with Gasteiger partial charge in [0.2, 0.25) is 5.88 Å². The molecule has 0 N–H and O–H groups in total. The molecule has 3 aromatic rings. The van der Waals surface area contributed by atoms with Gasteiger partial charge in [-0.15, -0.1) is 5.10 Å². The lowest BCUT2D eigenvalue weighted by atomic mass is 9.84. The van der Waals surface area contributed by atoms with E-state index in [0.717, 1.165) is 12.0 Å². The maximum atomic E-state index is 12.9. The maximum Gasteiger partial charge on any atom is 0.340 e. The third-order valence-corrected chi connectivity index (χ3v) is 5.96. The molecule has 0 aliphatic rings. The Bertz CT molecular complexity index is 1140. The van der Waals surface area contributed by atoms with Gasteiger partial charge in [-0.1, -0.05) is 62.7 Å². The fraction of sp³-hybridized carbons (Fsp3) is 0.391. The van der Waals surface area contributed by atoms with Gasteiger partial charge in [0.25, 0.3) is 0 Å². The van der Waals surface area contributed by atoms with Crippen LogP contribution in [0, 0.1) is 18.3 Å². The van der Waals surface area contributed by atoms with Gasteiger partial charge in [0.15, 0.2) is 0 Å². The van der Waals surface area contributed by atoms with Gasteiger partial charge < -0.3 is 4.18 Å². The van der Waals surface area contributed by atoms with Crippen LogP contribution in [0.3, 0.4) is 0 Å². The standard InChI is InChI=1S/C23H29N3O3S/c1-17-10-13-19(14-11-17)30(27,28)29-22(15-12-18(2)16-23(3,4)5)26-21-9-7-6-8-20(21)24-25-26/h6-11,13-15,18H,12,16H2,1-5H3/b22-15+. The van der Waals surface area contributed by atoms with Crippen LogP contribution in [-0.4, -0.2) is 23.4 Å². The van der Waals surface area contributed by atoms with Crippen molar-refractivity contribution in [1.29, 1.82) is 0 Å². The molecule has 0 fully saturated rings. The number of para-hydroxylation sites is 1. The van der Waals surface area contributed by atoms with Gasteiger partial charge in [0.05, 0.1) is 5.52 Å². The van der Waals surface area contributed by atoms with Crippen LogP contribution >= 0.6 is 0 Å². The SMILES string of the molecule is Cc1ccc(S(=O)(=O)O/C(=C/CC(C)CC(C)(C)C)n2nnc3ccccc32)cc1. The van der Waals surface area contributed by atoms with Gasteiger partial charge >= 0.3 is 10.1 Å². The van der Waals surface area contributed by atoms with Crippen molar-refractivity contribution in [2.75, 3.05) is 0 Å². The summed E-state index contributed by atoms with van der Waals surface area (Å²) in [4.78, 5) is 0.103. The van der Waals surface area contributed by atoms with Crippen LogP contribution in [0.4, 0.5) is 0 Å². The van der Waals surface area contributed by atoms with E-state index in [4.69, 9.17) is 4.18 Å². The molecule has 0 aliphatic heterocycles. The minimum absolute atomic E-state index is 0.103. The first-order chi connectivity index (χ1) is 14.0. The molecule has 0 bridgehead atoms. The van der Waals surface area contributed by atoms with Crippen LogP contribution in [0.15, 0.2) is 59.5 Å². The van der Waals surface area contributed by atoms with Crippen molar-refractivity contribution in [2.24, 2.45) is 11.3 Å². The number of hydrogen-bond donors (Lipinski definition) is 0. The number of hydrogen-bond acceptors (Lipinski definition) is 5. The molecule has 7 heteroatoms. The lowest BCUT2D eigenvalue weighted by molar-refractivity contribution is 0.307. The monoisotopic (exact) mass is 427 g/mol. The highest BCUT2D eigenvalue weighted by molar-refractivity contribution is 7.87. The summed E-state index contributed by atoms with van der Waals surface area (Å²) in [6.07, 6.45) is 3.45. The number of rotatable bonds is 7. The van der Waals surface area contributed by atoms with E-state index >= 15 is 0 Å². The molecule has 0 radical (unpaired) electrons. The summed E-state index contributed by atoms with van der Waals surface area (Å²) in [7, 11) is -4.01. The smallest absolute Gasteiger partial charge is 0.340 e. The van der Waals surface area contributed by atoms with Crippen molar-refractivity contribution in [3.63, 3.8) is 0 Å². The van der Waals surface area contributed by atoms with Crippen LogP contribution in [0.5, 0.6) is 0 Å². The molecule has 0 spiro atoms. The zero-order chi connectivity index (χ0) is 21.9. The van der Waals surface area contributed by atoms with Crippen LogP contribution in [0.2, 0.25) is 0 Å². The van der Waals surface area contributed by atoms with Crippen LogP contribution in [0.1, 0.15) is 46.1 Å². The molecular formula is C23H29N3O3S. The largest absolute Gasteiger partial charge is 0.358 e. The Labute approximate surface area is 178 Å². The van der Waals surface area contributed by atoms with E-state index in [1.54, 1.807) is 30.3 Å². The predicted molar refractivity (Wildman–Crippen MR) is 119 cm³/mol. The van der Waals surface area contributed by atoms with Crippen molar-refractivity contribution in [3.05, 3.63) is 60.2 Å². The predicted octanol–water partition coefficient (Wildman–Crippen LogP) is 5.41. The summed E-state index contributed by atoms with van der Waals surface area (Å²) in [5.74, 6) is 0.491. The number of fused-ring (bicyclic) bond motifs is 1. The second-order valence-corrected chi connectivity index (χ2v) is 10.5. The molecule has 0 aliphatic carbocycles. The number of aromatic nitrogens is 3. The van der Waals surface area contributed by atoms with Crippen molar-refractivity contribution < 1.29 is 12.6 Å². The normalized spacial score (nSPS) is 14.1. The molecule has 1 unspecified atom stereocenters. The lowest BCUT2D eigenvalue weighted by Crippen LogP contribution is -2.13. The summed E-state index contributed by atoms with van der Waals surface area (Å²) >= 11 is 0. The molecule has 0 amide bonds. The Balaban J connectivity index is 1.97. The molecule has 6 nitrogen and oxygen atoms in total. The van der Waals surface area contributed by atoms with Crippen molar-refractivity contribution >= 4 is 27.0 Å². The number of nitrogens with zero attached hydrogens (tertiary/aromatic N) is 3. The van der Waals surface area contributed by atoms with Gasteiger partial charge in [0, 0.05) is 0 Å². The summed E-state index contributed by atoms with van der Waals surface area (Å²) in [5, 5.41) is 8.29. The Morgan fingerprint density at radius 2 is 1.80 bits per heavy atom. The third kappa shape index (κ3) is 5.48. The molecule has 3 rings (SSSR count). The first-order valence-corrected chi connectivity index (χ1v) is 11.5. The Kier molecular flexibility index (Phi) is 6.31. The second kappa shape index (κ2) is 8.60. The molecule has 30 heavy (non-hydrogen) atoms. The molecule has 1 atom stereocenters. The maximum absolute atomic E-state index is 12.9. The van der Waals surface area contributed by atoms with E-state index in [-0.39, 0.29) is 16.2 Å². The summed E-state index contributed by atoms with van der Waals surface area (Å²) in [6, 6.07) is 14.0. The lowest BCUT2D eigenvalue weighted by Gasteiger charge is -2.22. The first-order valence-electron chi connectivity index (χ1n) is 10.1. The molecule has 0 saturated carbocycles. The zero-order valence-electron chi connectivity index (χ0n) is 18.2. The molecule has 160 valence electrons. The van der Waals surface area contributed by atoms with Gasteiger partial charge in [-0.2, -0.15) is 13.1 Å². The summed E-state index contributed by atoms with van der Waals surface area (Å²) in [6.45, 7) is 10.6. The minimum atomic E-state index is -4.01. The van der Waals surface area contributed by atoms with E-state index in [2.05, 4.69) is 38.0 Å². The highest BCUT2D eigenvalue weighted by Gasteiger charge is 2.22. The summed E-state index contributed by atoms with van der Waals surface area (Å²) < 4.78 is 32.9. The molecule has 0 saturated heterocycles. The molecule has 2 aromatic carbocycles. The Morgan fingerprint density at radius 3 is 2.47 bits per heavy atom. The Morgan fingerprint density at radius 1 is 1.13 bits per heavy atom. The topological polar surface area (TPSA) is 74.1 Å². The van der Waals surface area contributed by atoms with Crippen molar-refractivity contribution in [3.8, 4) is 0 Å². The van der Waals surface area contributed by atoms with Gasteiger partial charge in [0.1, 0.15) is 10.4 Å². The molecule has 1 aromatic heterocycles. The van der Waals surface area contributed by atoms with Crippen LogP contribution in [0.25, 0.3) is 16.9 Å². The van der Waals surface area contributed by atoms with E-state index in [9.17, 15) is 8.42 Å². The number of benzene rings is 2. The number of aryl methyl sites for hydroxylation is 1. The van der Waals surface area contributed by atoms with E-state index in [0.29, 0.717) is 23.4 Å². The Hall–Kier alpha value is -2.67. The minimum Gasteiger partial charge on any atom is -0.358 e. The average Bonchev–Trinajstić information content (AvgIpc) is 3.08. The zero-order valence-corrected chi connectivity index (χ0v) is 19.0. The van der Waals surface area contributed by atoms with Gasteiger partial charge in [-0.05, 0) is 61.4 Å². The van der Waals surface area contributed by atoms with E-state index in [1.165, 1.54) is 4.68 Å². The second-order valence-electron chi connectivity index (χ2n) is 8.99. The average molecular weight is 428 g/mol.